The minimum Gasteiger partial charge on any atom is -0.339 e. The van der Waals surface area contributed by atoms with Crippen molar-refractivity contribution in [3.05, 3.63) is 12.2 Å². The van der Waals surface area contributed by atoms with E-state index in [1.165, 1.54) is 6.08 Å². The molecule has 0 saturated carbocycles. The fraction of sp³-hybridized carbons (Fsp3) is 0.625. The van der Waals surface area contributed by atoms with Gasteiger partial charge in [0, 0.05) is 0 Å². The van der Waals surface area contributed by atoms with Crippen molar-refractivity contribution in [2.45, 2.75) is 6.18 Å². The summed E-state index contributed by atoms with van der Waals surface area (Å²) in [5.74, 6) is 0.553. The summed E-state index contributed by atoms with van der Waals surface area (Å²) < 4.78 is 37.1. The molecule has 0 atom stereocenters. The number of allylic oxidation sites excluding steroid dienone is 1. The molecular formula is C8H11F3N2. The number of rotatable bonds is 1. The molecule has 13 heavy (non-hydrogen) atoms. The van der Waals surface area contributed by atoms with Crippen LogP contribution in [0.2, 0.25) is 0 Å². The quantitative estimate of drug-likeness (QED) is 0.442. The average molecular weight is 192 g/mol. The molecule has 74 valence electrons. The Labute approximate surface area is 75.0 Å². The van der Waals surface area contributed by atoms with Crippen LogP contribution in [-0.4, -0.2) is 48.7 Å². The van der Waals surface area contributed by atoms with Gasteiger partial charge in [-0.2, -0.15) is 19.2 Å². The molecule has 1 rings (SSSR count). The molecule has 0 amide bonds. The Hall–Kier alpha value is -1.00. The largest absolute Gasteiger partial charge is 0.339 e. The highest BCUT2D eigenvalue weighted by molar-refractivity contribution is 5.88. The van der Waals surface area contributed by atoms with Crippen molar-refractivity contribution >= 4 is 5.84 Å². The summed E-state index contributed by atoms with van der Waals surface area (Å²) in [6, 6.07) is 0. The molecule has 0 fully saturated rings. The van der Waals surface area contributed by atoms with Gasteiger partial charge in [-0.3, -0.25) is 0 Å². The van der Waals surface area contributed by atoms with E-state index in [9.17, 15) is 13.2 Å². The Morgan fingerprint density at radius 2 is 2.15 bits per heavy atom. The minimum absolute atomic E-state index is 0.553. The van der Waals surface area contributed by atoms with Gasteiger partial charge >= 0.3 is 6.18 Å². The first kappa shape index (κ1) is 10.1. The normalized spacial score (nSPS) is 19.3. The third kappa shape index (κ3) is 2.75. The lowest BCUT2D eigenvalue weighted by molar-refractivity contribution is -0.485. The van der Waals surface area contributed by atoms with Crippen molar-refractivity contribution in [2.24, 2.45) is 0 Å². The average Bonchev–Trinajstić information content (AvgIpc) is 2.27. The Morgan fingerprint density at radius 1 is 1.54 bits per heavy atom. The van der Waals surface area contributed by atoms with Gasteiger partial charge in [-0.15, -0.1) is 6.08 Å². The maximum absolute atomic E-state index is 11.8. The van der Waals surface area contributed by atoms with Crippen LogP contribution < -0.4 is 0 Å². The van der Waals surface area contributed by atoms with Crippen LogP contribution in [0.5, 0.6) is 0 Å². The SMILES string of the molecule is CN1CC[N+](C)=C1C=[C-]C(F)(F)F. The van der Waals surface area contributed by atoms with E-state index in [0.717, 1.165) is 19.2 Å². The first-order chi connectivity index (χ1) is 5.90. The first-order valence-corrected chi connectivity index (χ1v) is 3.87. The second-order valence-electron chi connectivity index (χ2n) is 2.99. The van der Waals surface area contributed by atoms with Crippen LogP contribution in [0.1, 0.15) is 0 Å². The van der Waals surface area contributed by atoms with Crippen LogP contribution in [-0.2, 0) is 0 Å². The highest BCUT2D eigenvalue weighted by Crippen LogP contribution is 2.15. The molecule has 0 unspecified atom stereocenters. The number of nitrogens with zero attached hydrogens (tertiary/aromatic N) is 2. The van der Waals surface area contributed by atoms with E-state index in [1.807, 2.05) is 0 Å². The van der Waals surface area contributed by atoms with Gasteiger partial charge in [0.2, 0.25) is 0 Å². The fourth-order valence-corrected chi connectivity index (χ4v) is 1.19. The van der Waals surface area contributed by atoms with Crippen molar-refractivity contribution in [3.8, 4) is 0 Å². The zero-order valence-electron chi connectivity index (χ0n) is 7.52. The fourth-order valence-electron chi connectivity index (χ4n) is 1.19. The molecule has 2 nitrogen and oxygen atoms in total. The van der Waals surface area contributed by atoms with Gasteiger partial charge in [-0.1, -0.05) is 0 Å². The van der Waals surface area contributed by atoms with E-state index >= 15 is 0 Å². The van der Waals surface area contributed by atoms with Gasteiger partial charge in [0.1, 0.15) is 18.9 Å². The Balaban J connectivity index is 2.74. The molecule has 0 radical (unpaired) electrons. The van der Waals surface area contributed by atoms with E-state index in [2.05, 4.69) is 0 Å². The van der Waals surface area contributed by atoms with Gasteiger partial charge < -0.3 is 9.48 Å². The molecule has 0 aromatic heterocycles. The molecule has 5 heteroatoms. The molecule has 0 bridgehead atoms. The summed E-state index contributed by atoms with van der Waals surface area (Å²) in [6.07, 6.45) is -1.99. The second kappa shape index (κ2) is 3.40. The van der Waals surface area contributed by atoms with Crippen molar-refractivity contribution in [1.29, 1.82) is 0 Å². The summed E-state index contributed by atoms with van der Waals surface area (Å²) in [6.45, 7) is 1.50. The Bertz CT molecular complexity index is 253. The summed E-state index contributed by atoms with van der Waals surface area (Å²) in [5, 5.41) is 0. The zero-order valence-corrected chi connectivity index (χ0v) is 7.52. The maximum atomic E-state index is 11.8. The van der Waals surface area contributed by atoms with Gasteiger partial charge in [-0.05, 0) is 0 Å². The van der Waals surface area contributed by atoms with E-state index in [1.54, 1.807) is 23.6 Å². The molecule has 1 aliphatic rings. The lowest BCUT2D eigenvalue weighted by atomic mass is 10.4. The summed E-state index contributed by atoms with van der Waals surface area (Å²) in [7, 11) is 3.51. The number of amidine groups is 1. The van der Waals surface area contributed by atoms with Crippen LogP contribution in [0.4, 0.5) is 13.2 Å². The van der Waals surface area contributed by atoms with Gasteiger partial charge in [0.25, 0.3) is 0 Å². The van der Waals surface area contributed by atoms with E-state index < -0.39 is 6.18 Å². The molecule has 1 aliphatic heterocycles. The third-order valence-corrected chi connectivity index (χ3v) is 1.92. The summed E-state index contributed by atoms with van der Waals surface area (Å²) >= 11 is 0. The van der Waals surface area contributed by atoms with Crippen LogP contribution in [0.15, 0.2) is 6.08 Å². The van der Waals surface area contributed by atoms with Gasteiger partial charge in [0.05, 0.1) is 14.1 Å². The standard InChI is InChI=1S/C8H11F3N2/c1-12-5-6-13(2)7(12)3-4-8(9,10)11/h3H,5-6H2,1-2H3. The topological polar surface area (TPSA) is 6.25 Å². The lowest BCUT2D eigenvalue weighted by Gasteiger charge is -2.12. The van der Waals surface area contributed by atoms with Crippen molar-refractivity contribution in [2.75, 3.05) is 27.2 Å². The summed E-state index contributed by atoms with van der Waals surface area (Å²) in [5.41, 5.74) is 0. The van der Waals surface area contributed by atoms with Gasteiger partial charge in [0.15, 0.2) is 0 Å². The Kier molecular flexibility index (Phi) is 2.63. The molecule has 0 aromatic rings. The van der Waals surface area contributed by atoms with Gasteiger partial charge in [-0.25, -0.2) is 0 Å². The van der Waals surface area contributed by atoms with Crippen LogP contribution in [0, 0.1) is 6.08 Å². The Morgan fingerprint density at radius 3 is 2.54 bits per heavy atom. The molecule has 0 spiro atoms. The van der Waals surface area contributed by atoms with Crippen molar-refractivity contribution in [3.63, 3.8) is 0 Å². The smallest absolute Gasteiger partial charge is 0.334 e. The summed E-state index contributed by atoms with van der Waals surface area (Å²) in [4.78, 5) is 1.76. The highest BCUT2D eigenvalue weighted by atomic mass is 19.4. The first-order valence-electron chi connectivity index (χ1n) is 3.87. The second-order valence-corrected chi connectivity index (χ2v) is 2.99. The highest BCUT2D eigenvalue weighted by Gasteiger charge is 2.18. The number of hydrogen-bond donors (Lipinski definition) is 0. The third-order valence-electron chi connectivity index (χ3n) is 1.92. The number of hydrogen-bond acceptors (Lipinski definition) is 1. The van der Waals surface area contributed by atoms with Crippen LogP contribution >= 0.6 is 0 Å². The van der Waals surface area contributed by atoms with Crippen molar-refractivity contribution < 1.29 is 17.7 Å². The monoisotopic (exact) mass is 192 g/mol. The number of alkyl halides is 3. The molecule has 0 aliphatic carbocycles. The van der Waals surface area contributed by atoms with Crippen molar-refractivity contribution in [1.82, 2.24) is 4.90 Å². The molecular weight excluding hydrogens is 181 g/mol. The van der Waals surface area contributed by atoms with E-state index in [4.69, 9.17) is 0 Å². The molecule has 0 saturated heterocycles. The predicted molar refractivity (Wildman–Crippen MR) is 42.6 cm³/mol. The zero-order chi connectivity index (χ0) is 10.1. The number of likely N-dealkylation sites (N-methyl/N-ethyl adjacent to an activating group) is 2. The lowest BCUT2D eigenvalue weighted by Crippen LogP contribution is -2.23. The molecule has 0 aromatic carbocycles. The maximum Gasteiger partial charge on any atom is 0.334 e. The number of halogens is 3. The van der Waals surface area contributed by atoms with E-state index in [0.29, 0.717) is 5.84 Å². The molecule has 1 heterocycles. The van der Waals surface area contributed by atoms with E-state index in [-0.39, 0.29) is 0 Å². The van der Waals surface area contributed by atoms with Crippen LogP contribution in [0.3, 0.4) is 0 Å². The minimum atomic E-state index is -4.35. The van der Waals surface area contributed by atoms with Crippen LogP contribution in [0.25, 0.3) is 0 Å². The predicted octanol–water partition coefficient (Wildman–Crippen LogP) is 0.894. The molecule has 0 N–H and O–H groups in total.